The van der Waals surface area contributed by atoms with Crippen molar-refractivity contribution >= 4 is 0 Å². The van der Waals surface area contributed by atoms with Crippen LogP contribution in [0.15, 0.2) is 0 Å². The highest BCUT2D eigenvalue weighted by atomic mass is 16.7. The number of methoxy groups -OCH3 is 2. The van der Waals surface area contributed by atoms with Crippen LogP contribution < -0.4 is 0 Å². The molecule has 1 aliphatic carbocycles. The third-order valence-corrected chi connectivity index (χ3v) is 2.78. The van der Waals surface area contributed by atoms with Crippen LogP contribution in [0.1, 0.15) is 32.6 Å². The molecule has 2 nitrogen and oxygen atoms in total. The van der Waals surface area contributed by atoms with Gasteiger partial charge < -0.3 is 9.47 Å². The zero-order valence-electron chi connectivity index (χ0n) is 7.72. The molecule has 0 spiro atoms. The van der Waals surface area contributed by atoms with Gasteiger partial charge in [-0.3, -0.25) is 0 Å². The smallest absolute Gasteiger partial charge is 0.167 e. The van der Waals surface area contributed by atoms with E-state index in [9.17, 15) is 0 Å². The molecule has 1 rings (SSSR count). The molecule has 0 unspecified atom stereocenters. The lowest BCUT2D eigenvalue weighted by Gasteiger charge is -2.36. The molecule has 0 heterocycles. The van der Waals surface area contributed by atoms with E-state index in [0.717, 1.165) is 18.8 Å². The molecular weight excluding hydrogens is 140 g/mol. The summed E-state index contributed by atoms with van der Waals surface area (Å²) in [5, 5.41) is 0. The summed E-state index contributed by atoms with van der Waals surface area (Å²) in [6, 6.07) is 0. The fourth-order valence-electron chi connectivity index (χ4n) is 1.69. The highest BCUT2D eigenvalue weighted by molar-refractivity contribution is 4.77. The maximum absolute atomic E-state index is 5.35. The number of hydrogen-bond donors (Lipinski definition) is 0. The van der Waals surface area contributed by atoms with Gasteiger partial charge in [0.1, 0.15) is 0 Å². The van der Waals surface area contributed by atoms with E-state index < -0.39 is 0 Å². The van der Waals surface area contributed by atoms with Crippen molar-refractivity contribution < 1.29 is 9.47 Å². The molecule has 0 aromatic carbocycles. The van der Waals surface area contributed by atoms with Gasteiger partial charge in [0, 0.05) is 27.1 Å². The number of rotatable bonds is 2. The van der Waals surface area contributed by atoms with Gasteiger partial charge in [-0.25, -0.2) is 0 Å². The second-order valence-corrected chi connectivity index (χ2v) is 3.50. The highest BCUT2D eigenvalue weighted by Gasteiger charge is 2.33. The summed E-state index contributed by atoms with van der Waals surface area (Å²) in [4.78, 5) is 0. The minimum absolute atomic E-state index is 0.257. The lowest BCUT2D eigenvalue weighted by Crippen LogP contribution is -2.37. The average Bonchev–Trinajstić information content (AvgIpc) is 2.07. The van der Waals surface area contributed by atoms with Crippen LogP contribution in [0.4, 0.5) is 0 Å². The molecule has 2 heteroatoms. The second kappa shape index (κ2) is 3.55. The predicted molar refractivity (Wildman–Crippen MR) is 44.4 cm³/mol. The summed E-state index contributed by atoms with van der Waals surface area (Å²) in [6.45, 7) is 2.29. The van der Waals surface area contributed by atoms with Gasteiger partial charge >= 0.3 is 0 Å². The van der Waals surface area contributed by atoms with Crippen LogP contribution in [0, 0.1) is 5.92 Å². The molecule has 1 aliphatic rings. The van der Waals surface area contributed by atoms with E-state index in [4.69, 9.17) is 9.47 Å². The Morgan fingerprint density at radius 3 is 1.91 bits per heavy atom. The van der Waals surface area contributed by atoms with Crippen LogP contribution in [-0.2, 0) is 9.47 Å². The quantitative estimate of drug-likeness (QED) is 0.573. The van der Waals surface area contributed by atoms with Gasteiger partial charge in [0.15, 0.2) is 5.79 Å². The van der Waals surface area contributed by atoms with E-state index in [2.05, 4.69) is 6.92 Å². The molecule has 11 heavy (non-hydrogen) atoms. The van der Waals surface area contributed by atoms with E-state index in [1.807, 2.05) is 0 Å². The standard InChI is InChI=1S/C9H18O2/c1-8-4-6-9(10-2,11-3)7-5-8/h8H,4-7H2,1-3H3. The van der Waals surface area contributed by atoms with Gasteiger partial charge in [-0.2, -0.15) is 0 Å². The number of hydrogen-bond acceptors (Lipinski definition) is 2. The summed E-state index contributed by atoms with van der Waals surface area (Å²) >= 11 is 0. The van der Waals surface area contributed by atoms with Gasteiger partial charge in [0.05, 0.1) is 0 Å². The van der Waals surface area contributed by atoms with Gasteiger partial charge in [0.25, 0.3) is 0 Å². The minimum Gasteiger partial charge on any atom is -0.353 e. The molecular formula is C9H18O2. The first kappa shape index (κ1) is 9.01. The van der Waals surface area contributed by atoms with Crippen molar-refractivity contribution in [1.82, 2.24) is 0 Å². The van der Waals surface area contributed by atoms with Crippen LogP contribution in [0.25, 0.3) is 0 Å². The lowest BCUT2D eigenvalue weighted by atomic mass is 9.86. The first-order valence-corrected chi connectivity index (χ1v) is 4.33. The molecule has 0 saturated heterocycles. The molecule has 0 aromatic heterocycles. The topological polar surface area (TPSA) is 18.5 Å². The van der Waals surface area contributed by atoms with Gasteiger partial charge in [-0.15, -0.1) is 0 Å². The normalized spacial score (nSPS) is 25.4. The Kier molecular flexibility index (Phi) is 2.90. The lowest BCUT2D eigenvalue weighted by molar-refractivity contribution is -0.226. The van der Waals surface area contributed by atoms with E-state index in [1.54, 1.807) is 14.2 Å². The Hall–Kier alpha value is -0.0800. The fourth-order valence-corrected chi connectivity index (χ4v) is 1.69. The first-order chi connectivity index (χ1) is 5.22. The molecule has 66 valence electrons. The van der Waals surface area contributed by atoms with E-state index in [-0.39, 0.29) is 5.79 Å². The van der Waals surface area contributed by atoms with Gasteiger partial charge in [-0.1, -0.05) is 6.92 Å². The monoisotopic (exact) mass is 158 g/mol. The summed E-state index contributed by atoms with van der Waals surface area (Å²) in [5.74, 6) is 0.584. The highest BCUT2D eigenvalue weighted by Crippen LogP contribution is 2.34. The van der Waals surface area contributed by atoms with Crippen molar-refractivity contribution in [1.29, 1.82) is 0 Å². The van der Waals surface area contributed by atoms with Crippen LogP contribution in [0.5, 0.6) is 0 Å². The third kappa shape index (κ3) is 1.94. The molecule has 0 bridgehead atoms. The molecule has 0 aromatic rings. The van der Waals surface area contributed by atoms with Crippen molar-refractivity contribution in [2.24, 2.45) is 5.92 Å². The summed E-state index contributed by atoms with van der Waals surface area (Å²) in [7, 11) is 3.47. The Morgan fingerprint density at radius 1 is 1.09 bits per heavy atom. The van der Waals surface area contributed by atoms with Crippen molar-refractivity contribution in [2.45, 2.75) is 38.4 Å². The average molecular weight is 158 g/mol. The first-order valence-electron chi connectivity index (χ1n) is 4.33. The van der Waals surface area contributed by atoms with E-state index in [1.165, 1.54) is 12.8 Å². The number of ether oxygens (including phenoxy) is 2. The maximum Gasteiger partial charge on any atom is 0.167 e. The van der Waals surface area contributed by atoms with Crippen molar-refractivity contribution in [3.8, 4) is 0 Å². The largest absolute Gasteiger partial charge is 0.353 e. The molecule has 0 aliphatic heterocycles. The fraction of sp³-hybridized carbons (Fsp3) is 1.00. The van der Waals surface area contributed by atoms with Crippen LogP contribution in [0.3, 0.4) is 0 Å². The SMILES string of the molecule is COC1(OC)CCC(C)CC1. The molecule has 0 amide bonds. The van der Waals surface area contributed by atoms with Crippen molar-refractivity contribution in [2.75, 3.05) is 14.2 Å². The summed E-state index contributed by atoms with van der Waals surface area (Å²) < 4.78 is 10.7. The summed E-state index contributed by atoms with van der Waals surface area (Å²) in [6.07, 6.45) is 4.53. The molecule has 1 saturated carbocycles. The Balaban J connectivity index is 2.45. The minimum atomic E-state index is -0.257. The van der Waals surface area contributed by atoms with Crippen molar-refractivity contribution in [3.63, 3.8) is 0 Å². The summed E-state index contributed by atoms with van der Waals surface area (Å²) in [5.41, 5.74) is 0. The van der Waals surface area contributed by atoms with Crippen LogP contribution in [-0.4, -0.2) is 20.0 Å². The molecule has 1 fully saturated rings. The predicted octanol–water partition coefficient (Wildman–Crippen LogP) is 2.19. The Morgan fingerprint density at radius 2 is 1.55 bits per heavy atom. The zero-order chi connectivity index (χ0) is 8.32. The maximum atomic E-state index is 5.35. The van der Waals surface area contributed by atoms with Crippen LogP contribution >= 0.6 is 0 Å². The molecule has 0 radical (unpaired) electrons. The van der Waals surface area contributed by atoms with Crippen molar-refractivity contribution in [3.05, 3.63) is 0 Å². The third-order valence-electron chi connectivity index (χ3n) is 2.78. The van der Waals surface area contributed by atoms with Crippen LogP contribution in [0.2, 0.25) is 0 Å². The molecule has 0 N–H and O–H groups in total. The zero-order valence-corrected chi connectivity index (χ0v) is 7.72. The second-order valence-electron chi connectivity index (χ2n) is 3.50. The molecule has 0 atom stereocenters. The van der Waals surface area contributed by atoms with E-state index >= 15 is 0 Å². The Labute approximate surface area is 68.9 Å². The van der Waals surface area contributed by atoms with Gasteiger partial charge in [0.2, 0.25) is 0 Å². The van der Waals surface area contributed by atoms with E-state index in [0.29, 0.717) is 0 Å². The van der Waals surface area contributed by atoms with Gasteiger partial charge in [-0.05, 0) is 18.8 Å². The Bertz CT molecular complexity index is 109.